The van der Waals surface area contributed by atoms with Crippen molar-refractivity contribution >= 4 is 29.1 Å². The number of ether oxygens (including phenoxy) is 1. The maximum absolute atomic E-state index is 12.5. The summed E-state index contributed by atoms with van der Waals surface area (Å²) in [6, 6.07) is 14.3. The molecule has 0 atom stereocenters. The lowest BCUT2D eigenvalue weighted by Gasteiger charge is -2.16. The molecule has 2 N–H and O–H groups in total. The van der Waals surface area contributed by atoms with Crippen molar-refractivity contribution < 1.29 is 14.3 Å². The molecular formula is C21H23ClN2O3. The summed E-state index contributed by atoms with van der Waals surface area (Å²) in [5, 5.41) is 6.36. The van der Waals surface area contributed by atoms with Gasteiger partial charge in [-0.3, -0.25) is 9.59 Å². The van der Waals surface area contributed by atoms with E-state index in [0.29, 0.717) is 29.4 Å². The van der Waals surface area contributed by atoms with Crippen molar-refractivity contribution in [3.05, 3.63) is 64.7 Å². The third kappa shape index (κ3) is 4.67. The molecule has 0 heterocycles. The lowest BCUT2D eigenvalue weighted by Crippen LogP contribution is -2.35. The molecule has 1 aliphatic carbocycles. The van der Waals surface area contributed by atoms with Crippen LogP contribution in [-0.2, 0) is 14.9 Å². The number of hydrogen-bond donors (Lipinski definition) is 2. The molecule has 3 rings (SSSR count). The Balaban J connectivity index is 1.61. The number of nitrogens with one attached hydrogen (secondary N) is 2. The van der Waals surface area contributed by atoms with Crippen molar-refractivity contribution in [3.8, 4) is 0 Å². The Labute approximate surface area is 164 Å². The highest BCUT2D eigenvalue weighted by atomic mass is 35.5. The lowest BCUT2D eigenvalue weighted by molar-refractivity contribution is -0.123. The van der Waals surface area contributed by atoms with Gasteiger partial charge in [0.25, 0.3) is 5.91 Å². The minimum absolute atomic E-state index is 0.0642. The molecule has 1 aliphatic rings. The van der Waals surface area contributed by atoms with Crippen molar-refractivity contribution in [1.29, 1.82) is 0 Å². The zero-order valence-corrected chi connectivity index (χ0v) is 16.0. The van der Waals surface area contributed by atoms with Gasteiger partial charge in [0.1, 0.15) is 0 Å². The maximum atomic E-state index is 12.5. The molecule has 0 spiro atoms. The predicted octanol–water partition coefficient (Wildman–Crippen LogP) is 3.78. The average molecular weight is 387 g/mol. The maximum Gasteiger partial charge on any atom is 0.255 e. The summed E-state index contributed by atoms with van der Waals surface area (Å²) in [5.41, 5.74) is 1.73. The second kappa shape index (κ2) is 8.55. The Bertz CT molecular complexity index is 816. The van der Waals surface area contributed by atoms with Crippen molar-refractivity contribution in [2.75, 3.05) is 25.6 Å². The zero-order valence-electron chi connectivity index (χ0n) is 15.3. The topological polar surface area (TPSA) is 67.4 Å². The number of hydrogen-bond acceptors (Lipinski definition) is 3. The summed E-state index contributed by atoms with van der Waals surface area (Å²) in [6.07, 6.45) is 2.49. The van der Waals surface area contributed by atoms with Crippen LogP contribution < -0.4 is 10.6 Å². The van der Waals surface area contributed by atoms with Crippen LogP contribution in [0.25, 0.3) is 0 Å². The summed E-state index contributed by atoms with van der Waals surface area (Å²) in [7, 11) is 1.65. The molecule has 2 aromatic rings. The monoisotopic (exact) mass is 386 g/mol. The third-order valence-electron chi connectivity index (χ3n) is 4.78. The van der Waals surface area contributed by atoms with Crippen LogP contribution >= 0.6 is 11.6 Å². The number of amides is 2. The number of halogens is 1. The summed E-state index contributed by atoms with van der Waals surface area (Å²) in [6.45, 7) is 1.25. The Hall–Kier alpha value is -2.37. The van der Waals surface area contributed by atoms with E-state index in [9.17, 15) is 9.59 Å². The highest BCUT2D eigenvalue weighted by molar-refractivity contribution is 6.31. The first-order valence-corrected chi connectivity index (χ1v) is 9.38. The van der Waals surface area contributed by atoms with E-state index in [1.54, 1.807) is 31.4 Å². The van der Waals surface area contributed by atoms with Crippen molar-refractivity contribution in [2.24, 2.45) is 0 Å². The van der Waals surface area contributed by atoms with E-state index in [0.717, 1.165) is 24.8 Å². The molecule has 0 bridgehead atoms. The van der Waals surface area contributed by atoms with Crippen molar-refractivity contribution in [3.63, 3.8) is 0 Å². The Kier molecular flexibility index (Phi) is 6.14. The second-order valence-electron chi connectivity index (χ2n) is 6.73. The first-order valence-electron chi connectivity index (χ1n) is 9.00. The van der Waals surface area contributed by atoms with Gasteiger partial charge >= 0.3 is 0 Å². The number of methoxy groups -OCH3 is 1. The van der Waals surface area contributed by atoms with Crippen LogP contribution in [0.1, 0.15) is 35.2 Å². The minimum Gasteiger partial charge on any atom is -0.385 e. The molecular weight excluding hydrogens is 364 g/mol. The largest absolute Gasteiger partial charge is 0.385 e. The summed E-state index contributed by atoms with van der Waals surface area (Å²) >= 11 is 5.93. The van der Waals surface area contributed by atoms with E-state index in [1.165, 1.54) is 0 Å². The van der Waals surface area contributed by atoms with Gasteiger partial charge in [-0.25, -0.2) is 0 Å². The fourth-order valence-electron chi connectivity index (χ4n) is 3.07. The smallest absolute Gasteiger partial charge is 0.255 e. The number of carbonyl (C=O) groups is 2. The molecule has 1 saturated carbocycles. The van der Waals surface area contributed by atoms with Gasteiger partial charge in [0, 0.05) is 36.5 Å². The highest BCUT2D eigenvalue weighted by Gasteiger charge is 2.50. The molecule has 0 unspecified atom stereocenters. The Morgan fingerprint density at radius 1 is 1.15 bits per heavy atom. The Morgan fingerprint density at radius 2 is 1.89 bits per heavy atom. The van der Waals surface area contributed by atoms with Gasteiger partial charge in [-0.15, -0.1) is 0 Å². The molecule has 0 aliphatic heterocycles. The fraction of sp³-hybridized carbons (Fsp3) is 0.333. The van der Waals surface area contributed by atoms with Crippen molar-refractivity contribution in [2.45, 2.75) is 24.7 Å². The van der Waals surface area contributed by atoms with Gasteiger partial charge < -0.3 is 15.4 Å². The van der Waals surface area contributed by atoms with Gasteiger partial charge in [-0.1, -0.05) is 29.8 Å². The van der Waals surface area contributed by atoms with Crippen molar-refractivity contribution in [1.82, 2.24) is 5.32 Å². The predicted molar refractivity (Wildman–Crippen MR) is 106 cm³/mol. The van der Waals surface area contributed by atoms with Gasteiger partial charge in [0.05, 0.1) is 5.41 Å². The summed E-state index contributed by atoms with van der Waals surface area (Å²) in [5.74, 6) is -0.156. The Morgan fingerprint density at radius 3 is 2.52 bits per heavy atom. The van der Waals surface area contributed by atoms with Gasteiger partial charge in [0.15, 0.2) is 0 Å². The zero-order chi connectivity index (χ0) is 19.3. The number of rotatable bonds is 8. The molecule has 27 heavy (non-hydrogen) atoms. The van der Waals surface area contributed by atoms with E-state index in [2.05, 4.69) is 10.6 Å². The summed E-state index contributed by atoms with van der Waals surface area (Å²) < 4.78 is 5.00. The third-order valence-corrected chi connectivity index (χ3v) is 5.01. The van der Waals surface area contributed by atoms with E-state index in [4.69, 9.17) is 16.3 Å². The van der Waals surface area contributed by atoms with Gasteiger partial charge in [0.2, 0.25) is 5.91 Å². The fourth-order valence-corrected chi connectivity index (χ4v) is 3.26. The molecule has 0 aromatic heterocycles. The van der Waals surface area contributed by atoms with Crippen LogP contribution in [-0.4, -0.2) is 32.1 Å². The molecule has 6 heteroatoms. The summed E-state index contributed by atoms with van der Waals surface area (Å²) in [4.78, 5) is 24.8. The standard InChI is InChI=1S/C21H23ClN2O3/c1-27-13-3-12-23-20(26)21(10-11-21)16-6-8-18(9-7-16)24-19(25)15-4-2-5-17(22)14-15/h2,4-9,14H,3,10-13H2,1H3,(H,23,26)(H,24,25). The van der Waals surface area contributed by atoms with Gasteiger partial charge in [-0.2, -0.15) is 0 Å². The molecule has 5 nitrogen and oxygen atoms in total. The van der Waals surface area contributed by atoms with E-state index < -0.39 is 5.41 Å². The molecule has 0 saturated heterocycles. The van der Waals surface area contributed by atoms with Crippen LogP contribution in [0.2, 0.25) is 5.02 Å². The van der Waals surface area contributed by atoms with Crippen LogP contribution in [0, 0.1) is 0 Å². The minimum atomic E-state index is -0.428. The molecule has 142 valence electrons. The molecule has 0 radical (unpaired) electrons. The molecule has 1 fully saturated rings. The molecule has 2 aromatic carbocycles. The SMILES string of the molecule is COCCCNC(=O)C1(c2ccc(NC(=O)c3cccc(Cl)c3)cc2)CC1. The van der Waals surface area contributed by atoms with Crippen LogP contribution in [0.5, 0.6) is 0 Å². The number of benzene rings is 2. The van der Waals surface area contributed by atoms with E-state index in [-0.39, 0.29) is 11.8 Å². The number of carbonyl (C=O) groups excluding carboxylic acids is 2. The van der Waals surface area contributed by atoms with Crippen LogP contribution in [0.15, 0.2) is 48.5 Å². The van der Waals surface area contributed by atoms with Crippen LogP contribution in [0.4, 0.5) is 5.69 Å². The highest BCUT2D eigenvalue weighted by Crippen LogP contribution is 2.48. The molecule has 2 amide bonds. The van der Waals surface area contributed by atoms with Gasteiger partial charge in [-0.05, 0) is 55.2 Å². The van der Waals surface area contributed by atoms with E-state index >= 15 is 0 Å². The van der Waals surface area contributed by atoms with E-state index in [1.807, 2.05) is 24.3 Å². The average Bonchev–Trinajstić information content (AvgIpc) is 3.48. The normalized spacial score (nSPS) is 14.4. The second-order valence-corrected chi connectivity index (χ2v) is 7.16. The first-order chi connectivity index (χ1) is 13.0. The first kappa shape index (κ1) is 19.4. The number of anilines is 1. The quantitative estimate of drug-likeness (QED) is 0.678. The van der Waals surface area contributed by atoms with Crippen LogP contribution in [0.3, 0.4) is 0 Å². The lowest BCUT2D eigenvalue weighted by atomic mass is 9.94.